The molecule has 2 rings (SSSR count). The zero-order valence-corrected chi connectivity index (χ0v) is 14.4. The third kappa shape index (κ3) is 3.83. The van der Waals surface area contributed by atoms with E-state index in [1.54, 1.807) is 0 Å². The molecule has 0 amide bonds. The van der Waals surface area contributed by atoms with E-state index in [-0.39, 0.29) is 6.04 Å². The first-order valence-corrected chi connectivity index (χ1v) is 8.40. The normalized spacial score (nSPS) is 12.3. The molecule has 0 bridgehead atoms. The Kier molecular flexibility index (Phi) is 6.05. The monoisotopic (exact) mass is 379 g/mol. The van der Waals surface area contributed by atoms with Crippen molar-refractivity contribution < 1.29 is 0 Å². The van der Waals surface area contributed by atoms with Crippen LogP contribution in [0.25, 0.3) is 0 Å². The van der Waals surface area contributed by atoms with Crippen LogP contribution in [-0.4, -0.2) is 6.54 Å². The molecule has 1 unspecified atom stereocenters. The second kappa shape index (κ2) is 7.79. The Morgan fingerprint density at radius 2 is 1.70 bits per heavy atom. The lowest BCUT2D eigenvalue weighted by atomic mass is 9.97. The van der Waals surface area contributed by atoms with Crippen LogP contribution in [0.2, 0.25) is 0 Å². The maximum absolute atomic E-state index is 3.60. The van der Waals surface area contributed by atoms with Crippen LogP contribution in [0.3, 0.4) is 0 Å². The summed E-state index contributed by atoms with van der Waals surface area (Å²) in [7, 11) is 0. The predicted octanol–water partition coefficient (Wildman–Crippen LogP) is 4.94. The third-order valence-electron chi connectivity index (χ3n) is 3.48. The highest BCUT2D eigenvalue weighted by Crippen LogP contribution is 2.26. The van der Waals surface area contributed by atoms with Crippen molar-refractivity contribution in [1.29, 1.82) is 0 Å². The van der Waals surface area contributed by atoms with Crippen molar-refractivity contribution in [3.05, 3.63) is 68.8 Å². The summed E-state index contributed by atoms with van der Waals surface area (Å²) in [5, 5.41) is 3.60. The van der Waals surface area contributed by atoms with E-state index in [2.05, 4.69) is 90.3 Å². The van der Waals surface area contributed by atoms with Crippen LogP contribution < -0.4 is 5.32 Å². The average Bonchev–Trinajstić information content (AvgIpc) is 2.47. The summed E-state index contributed by atoms with van der Waals surface area (Å²) in [4.78, 5) is 0. The first kappa shape index (κ1) is 15.5. The van der Waals surface area contributed by atoms with Crippen LogP contribution in [0, 0.1) is 3.57 Å². The summed E-state index contributed by atoms with van der Waals surface area (Å²) >= 11 is 2.42. The van der Waals surface area contributed by atoms with E-state index in [9.17, 15) is 0 Å². The van der Waals surface area contributed by atoms with Gasteiger partial charge >= 0.3 is 0 Å². The quantitative estimate of drug-likeness (QED) is 0.701. The van der Waals surface area contributed by atoms with Gasteiger partial charge in [0.1, 0.15) is 0 Å². The van der Waals surface area contributed by atoms with E-state index >= 15 is 0 Å². The molecule has 2 aromatic rings. The van der Waals surface area contributed by atoms with Gasteiger partial charge in [-0.3, -0.25) is 0 Å². The van der Waals surface area contributed by atoms with Gasteiger partial charge < -0.3 is 5.32 Å². The van der Waals surface area contributed by atoms with Gasteiger partial charge in [0, 0.05) is 3.57 Å². The first-order chi connectivity index (χ1) is 9.76. The topological polar surface area (TPSA) is 12.0 Å². The minimum Gasteiger partial charge on any atom is -0.306 e. The molecule has 0 aliphatic heterocycles. The fourth-order valence-corrected chi connectivity index (χ4v) is 3.18. The number of benzene rings is 2. The molecular weight excluding hydrogens is 357 g/mol. The number of nitrogens with one attached hydrogen (secondary N) is 1. The van der Waals surface area contributed by atoms with Crippen LogP contribution in [0.4, 0.5) is 0 Å². The minimum atomic E-state index is 0.281. The summed E-state index contributed by atoms with van der Waals surface area (Å²) in [6, 6.07) is 17.9. The standard InChI is InChI=1S/C18H22IN/c1-3-7-14-10-12-15(13-11-14)18(20-4-2)16-8-5-6-9-17(16)19/h5-6,8-13,18,20H,3-4,7H2,1-2H3. The van der Waals surface area contributed by atoms with Crippen molar-refractivity contribution >= 4 is 22.6 Å². The van der Waals surface area contributed by atoms with Crippen molar-refractivity contribution in [2.75, 3.05) is 6.54 Å². The molecule has 0 saturated heterocycles. The van der Waals surface area contributed by atoms with Gasteiger partial charge in [0.25, 0.3) is 0 Å². The maximum atomic E-state index is 3.60. The Morgan fingerprint density at radius 1 is 1.00 bits per heavy atom. The largest absolute Gasteiger partial charge is 0.306 e. The van der Waals surface area contributed by atoms with E-state index in [1.807, 2.05) is 0 Å². The second-order valence-electron chi connectivity index (χ2n) is 5.00. The van der Waals surface area contributed by atoms with Crippen molar-refractivity contribution in [3.8, 4) is 0 Å². The van der Waals surface area contributed by atoms with Crippen LogP contribution in [-0.2, 0) is 6.42 Å². The molecule has 2 heteroatoms. The minimum absolute atomic E-state index is 0.281. The summed E-state index contributed by atoms with van der Waals surface area (Å²) in [5.41, 5.74) is 4.13. The Balaban J connectivity index is 2.31. The Bertz CT molecular complexity index is 533. The van der Waals surface area contributed by atoms with Crippen LogP contribution in [0.5, 0.6) is 0 Å². The Hall–Kier alpha value is -0.870. The number of aryl methyl sites for hydroxylation is 1. The van der Waals surface area contributed by atoms with Crippen molar-refractivity contribution in [1.82, 2.24) is 5.32 Å². The molecule has 0 fully saturated rings. The summed E-state index contributed by atoms with van der Waals surface area (Å²) in [5.74, 6) is 0. The second-order valence-corrected chi connectivity index (χ2v) is 6.17. The fourth-order valence-electron chi connectivity index (χ4n) is 2.49. The summed E-state index contributed by atoms with van der Waals surface area (Å²) in [6.07, 6.45) is 2.36. The van der Waals surface area contributed by atoms with Crippen molar-refractivity contribution in [2.45, 2.75) is 32.7 Å². The van der Waals surface area contributed by atoms with Gasteiger partial charge in [0.15, 0.2) is 0 Å². The highest BCUT2D eigenvalue weighted by molar-refractivity contribution is 14.1. The lowest BCUT2D eigenvalue weighted by molar-refractivity contribution is 0.628. The third-order valence-corrected chi connectivity index (χ3v) is 4.46. The highest BCUT2D eigenvalue weighted by atomic mass is 127. The van der Waals surface area contributed by atoms with Gasteiger partial charge in [-0.2, -0.15) is 0 Å². The Labute approximate surface area is 135 Å². The molecule has 0 aliphatic carbocycles. The number of hydrogen-bond donors (Lipinski definition) is 1. The molecule has 1 N–H and O–H groups in total. The lowest BCUT2D eigenvalue weighted by Crippen LogP contribution is -2.22. The molecule has 0 aliphatic rings. The lowest BCUT2D eigenvalue weighted by Gasteiger charge is -2.20. The van der Waals surface area contributed by atoms with Crippen LogP contribution in [0.1, 0.15) is 43.0 Å². The molecule has 2 aromatic carbocycles. The summed E-state index contributed by atoms with van der Waals surface area (Å²) < 4.78 is 1.31. The van der Waals surface area contributed by atoms with E-state index in [0.717, 1.165) is 13.0 Å². The van der Waals surface area contributed by atoms with Gasteiger partial charge in [-0.1, -0.05) is 62.7 Å². The number of hydrogen-bond acceptors (Lipinski definition) is 1. The molecule has 0 radical (unpaired) electrons. The predicted molar refractivity (Wildman–Crippen MR) is 95.1 cm³/mol. The average molecular weight is 379 g/mol. The highest BCUT2D eigenvalue weighted by Gasteiger charge is 2.15. The maximum Gasteiger partial charge on any atom is 0.0587 e. The van der Waals surface area contributed by atoms with Gasteiger partial charge in [0.05, 0.1) is 6.04 Å². The molecule has 0 saturated carbocycles. The van der Waals surface area contributed by atoms with Crippen molar-refractivity contribution in [2.24, 2.45) is 0 Å². The van der Waals surface area contributed by atoms with E-state index in [4.69, 9.17) is 0 Å². The Morgan fingerprint density at radius 3 is 2.30 bits per heavy atom. The molecule has 106 valence electrons. The van der Waals surface area contributed by atoms with Gasteiger partial charge in [-0.25, -0.2) is 0 Å². The van der Waals surface area contributed by atoms with Gasteiger partial charge in [-0.05, 0) is 58.3 Å². The molecule has 0 aromatic heterocycles. The number of rotatable bonds is 6. The molecule has 0 heterocycles. The van der Waals surface area contributed by atoms with Gasteiger partial charge in [0.2, 0.25) is 0 Å². The van der Waals surface area contributed by atoms with Crippen LogP contribution in [0.15, 0.2) is 48.5 Å². The van der Waals surface area contributed by atoms with E-state index in [0.29, 0.717) is 0 Å². The van der Waals surface area contributed by atoms with Crippen LogP contribution >= 0.6 is 22.6 Å². The number of halogens is 1. The van der Waals surface area contributed by atoms with E-state index < -0.39 is 0 Å². The van der Waals surface area contributed by atoms with Gasteiger partial charge in [-0.15, -0.1) is 0 Å². The SMILES string of the molecule is CCCc1ccc(C(NCC)c2ccccc2I)cc1. The van der Waals surface area contributed by atoms with Crippen molar-refractivity contribution in [3.63, 3.8) is 0 Å². The smallest absolute Gasteiger partial charge is 0.0587 e. The fraction of sp³-hybridized carbons (Fsp3) is 0.333. The molecular formula is C18H22IN. The first-order valence-electron chi connectivity index (χ1n) is 7.33. The molecule has 1 nitrogen and oxygen atoms in total. The molecule has 1 atom stereocenters. The van der Waals surface area contributed by atoms with E-state index in [1.165, 1.54) is 26.7 Å². The zero-order chi connectivity index (χ0) is 14.4. The molecule has 20 heavy (non-hydrogen) atoms. The molecule has 0 spiro atoms. The zero-order valence-electron chi connectivity index (χ0n) is 12.2. The summed E-state index contributed by atoms with van der Waals surface area (Å²) in [6.45, 7) is 5.35.